The van der Waals surface area contributed by atoms with Crippen LogP contribution in [0.5, 0.6) is 0 Å². The van der Waals surface area contributed by atoms with Crippen molar-refractivity contribution < 1.29 is 9.18 Å². The first kappa shape index (κ1) is 17.3. The standard InChI is InChI=1S/C19H19ClFN3O/c20-16-3-1-2-15(14-16)8-9-22-19(25)24-12-10-23(11-13-24)18-6-4-17(21)5-7-18/h1-9,14H,10-13H2,(H,22,25)/b9-8+. The van der Waals surface area contributed by atoms with Crippen LogP contribution in [0.3, 0.4) is 0 Å². The molecular formula is C19H19ClFN3O. The van der Waals surface area contributed by atoms with E-state index in [1.165, 1.54) is 12.1 Å². The highest BCUT2D eigenvalue weighted by molar-refractivity contribution is 6.30. The van der Waals surface area contributed by atoms with Gasteiger partial charge in [-0.25, -0.2) is 9.18 Å². The van der Waals surface area contributed by atoms with E-state index in [2.05, 4.69) is 10.2 Å². The lowest BCUT2D eigenvalue weighted by atomic mass is 10.2. The van der Waals surface area contributed by atoms with Gasteiger partial charge in [0.1, 0.15) is 5.82 Å². The van der Waals surface area contributed by atoms with Crippen LogP contribution in [0.25, 0.3) is 6.08 Å². The molecule has 2 aromatic rings. The van der Waals surface area contributed by atoms with Crippen LogP contribution < -0.4 is 10.2 Å². The van der Waals surface area contributed by atoms with E-state index in [1.807, 2.05) is 18.2 Å². The summed E-state index contributed by atoms with van der Waals surface area (Å²) < 4.78 is 13.0. The van der Waals surface area contributed by atoms with Crippen molar-refractivity contribution in [2.75, 3.05) is 31.1 Å². The number of carbonyl (C=O) groups is 1. The first-order valence-electron chi connectivity index (χ1n) is 8.10. The van der Waals surface area contributed by atoms with E-state index in [0.29, 0.717) is 18.1 Å². The Hall–Kier alpha value is -2.53. The number of hydrogen-bond acceptors (Lipinski definition) is 2. The summed E-state index contributed by atoms with van der Waals surface area (Å²) in [5.74, 6) is -0.242. The van der Waals surface area contributed by atoms with Crippen molar-refractivity contribution in [2.45, 2.75) is 0 Å². The molecule has 1 saturated heterocycles. The van der Waals surface area contributed by atoms with E-state index >= 15 is 0 Å². The lowest BCUT2D eigenvalue weighted by Crippen LogP contribution is -2.51. The van der Waals surface area contributed by atoms with Crippen LogP contribution >= 0.6 is 11.6 Å². The number of carbonyl (C=O) groups excluding carboxylic acids is 1. The number of nitrogens with zero attached hydrogens (tertiary/aromatic N) is 2. The molecule has 3 rings (SSSR count). The SMILES string of the molecule is O=C(N/C=C/c1cccc(Cl)c1)N1CCN(c2ccc(F)cc2)CC1. The average Bonchev–Trinajstić information content (AvgIpc) is 2.62. The molecule has 130 valence electrons. The first-order valence-corrected chi connectivity index (χ1v) is 8.48. The lowest BCUT2D eigenvalue weighted by molar-refractivity contribution is 0.198. The Bertz CT molecular complexity index is 756. The number of hydrogen-bond donors (Lipinski definition) is 1. The molecule has 2 amide bonds. The molecule has 0 radical (unpaired) electrons. The third-order valence-corrected chi connectivity index (χ3v) is 4.33. The van der Waals surface area contributed by atoms with E-state index in [9.17, 15) is 9.18 Å². The summed E-state index contributed by atoms with van der Waals surface area (Å²) in [4.78, 5) is 16.1. The van der Waals surface area contributed by atoms with Gasteiger partial charge in [0.25, 0.3) is 0 Å². The van der Waals surface area contributed by atoms with Crippen molar-refractivity contribution in [3.8, 4) is 0 Å². The van der Waals surface area contributed by atoms with Gasteiger partial charge in [-0.05, 0) is 48.0 Å². The second kappa shape index (κ2) is 8.03. The Kier molecular flexibility index (Phi) is 5.56. The Morgan fingerprint density at radius 2 is 1.80 bits per heavy atom. The number of anilines is 1. The summed E-state index contributed by atoms with van der Waals surface area (Å²) in [7, 11) is 0. The van der Waals surface area contributed by atoms with Gasteiger partial charge in [0, 0.05) is 43.1 Å². The summed E-state index contributed by atoms with van der Waals surface area (Å²) in [6.07, 6.45) is 3.43. The molecule has 0 unspecified atom stereocenters. The molecule has 0 spiro atoms. The van der Waals surface area contributed by atoms with Crippen molar-refractivity contribution in [3.05, 3.63) is 71.1 Å². The largest absolute Gasteiger partial charge is 0.368 e. The van der Waals surface area contributed by atoms with Gasteiger partial charge in [-0.1, -0.05) is 23.7 Å². The maximum absolute atomic E-state index is 13.0. The summed E-state index contributed by atoms with van der Waals surface area (Å²) in [6.45, 7) is 2.68. The molecule has 0 atom stereocenters. The number of amides is 2. The Morgan fingerprint density at radius 3 is 2.48 bits per heavy atom. The summed E-state index contributed by atoms with van der Waals surface area (Å²) in [5.41, 5.74) is 1.90. The van der Waals surface area contributed by atoms with E-state index in [1.54, 1.807) is 35.4 Å². The van der Waals surface area contributed by atoms with Gasteiger partial charge >= 0.3 is 6.03 Å². The quantitative estimate of drug-likeness (QED) is 0.899. The highest BCUT2D eigenvalue weighted by Crippen LogP contribution is 2.17. The Balaban J connectivity index is 1.49. The maximum Gasteiger partial charge on any atom is 0.321 e. The Labute approximate surface area is 151 Å². The number of urea groups is 1. The molecule has 1 aliphatic rings. The van der Waals surface area contributed by atoms with Gasteiger partial charge in [0.05, 0.1) is 0 Å². The van der Waals surface area contributed by atoms with Crippen LogP contribution in [0.2, 0.25) is 5.02 Å². The van der Waals surface area contributed by atoms with Crippen molar-refractivity contribution >= 4 is 29.4 Å². The highest BCUT2D eigenvalue weighted by Gasteiger charge is 2.20. The van der Waals surface area contributed by atoms with Gasteiger partial charge in [-0.2, -0.15) is 0 Å². The fourth-order valence-corrected chi connectivity index (χ4v) is 2.93. The number of rotatable bonds is 3. The molecule has 1 aliphatic heterocycles. The monoisotopic (exact) mass is 359 g/mol. The van der Waals surface area contributed by atoms with Crippen molar-refractivity contribution in [1.29, 1.82) is 0 Å². The predicted octanol–water partition coefficient (Wildman–Crippen LogP) is 3.98. The third kappa shape index (κ3) is 4.73. The van der Waals surface area contributed by atoms with Gasteiger partial charge in [0.2, 0.25) is 0 Å². The Morgan fingerprint density at radius 1 is 1.08 bits per heavy atom. The second-order valence-electron chi connectivity index (χ2n) is 5.79. The zero-order chi connectivity index (χ0) is 17.6. The summed E-state index contributed by atoms with van der Waals surface area (Å²) >= 11 is 5.93. The maximum atomic E-state index is 13.0. The molecular weight excluding hydrogens is 341 g/mol. The zero-order valence-electron chi connectivity index (χ0n) is 13.7. The van der Waals surface area contributed by atoms with Gasteiger partial charge in [0.15, 0.2) is 0 Å². The molecule has 0 aromatic heterocycles. The van der Waals surface area contributed by atoms with Crippen LogP contribution in [0.1, 0.15) is 5.56 Å². The smallest absolute Gasteiger partial charge is 0.321 e. The van der Waals surface area contributed by atoms with Crippen molar-refractivity contribution in [2.24, 2.45) is 0 Å². The van der Waals surface area contributed by atoms with Crippen LogP contribution in [0.15, 0.2) is 54.7 Å². The number of nitrogens with one attached hydrogen (secondary N) is 1. The topological polar surface area (TPSA) is 35.6 Å². The molecule has 0 saturated carbocycles. The van der Waals surface area contributed by atoms with Crippen LogP contribution in [0.4, 0.5) is 14.9 Å². The first-order chi connectivity index (χ1) is 12.1. The third-order valence-electron chi connectivity index (χ3n) is 4.09. The fraction of sp³-hybridized carbons (Fsp3) is 0.211. The number of piperazine rings is 1. The number of halogens is 2. The highest BCUT2D eigenvalue weighted by atomic mass is 35.5. The van der Waals surface area contributed by atoms with Gasteiger partial charge < -0.3 is 15.1 Å². The van der Waals surface area contributed by atoms with Crippen molar-refractivity contribution in [3.63, 3.8) is 0 Å². The molecule has 1 fully saturated rings. The summed E-state index contributed by atoms with van der Waals surface area (Å²) in [5, 5.41) is 3.44. The van der Waals surface area contributed by atoms with Crippen LogP contribution in [0, 0.1) is 5.82 Å². The zero-order valence-corrected chi connectivity index (χ0v) is 14.4. The van der Waals surface area contributed by atoms with Crippen LogP contribution in [-0.2, 0) is 0 Å². The van der Waals surface area contributed by atoms with E-state index in [-0.39, 0.29) is 11.8 Å². The minimum atomic E-state index is -0.242. The molecule has 1 N–H and O–H groups in total. The summed E-state index contributed by atoms with van der Waals surface area (Å²) in [6, 6.07) is 13.7. The molecule has 1 heterocycles. The van der Waals surface area contributed by atoms with E-state index < -0.39 is 0 Å². The molecule has 6 heteroatoms. The van der Waals surface area contributed by atoms with E-state index in [4.69, 9.17) is 11.6 Å². The molecule has 0 aliphatic carbocycles. The second-order valence-corrected chi connectivity index (χ2v) is 6.22. The van der Waals surface area contributed by atoms with Crippen molar-refractivity contribution in [1.82, 2.24) is 10.2 Å². The van der Waals surface area contributed by atoms with Crippen LogP contribution in [-0.4, -0.2) is 37.1 Å². The minimum Gasteiger partial charge on any atom is -0.368 e. The normalized spacial score (nSPS) is 14.8. The molecule has 4 nitrogen and oxygen atoms in total. The predicted molar refractivity (Wildman–Crippen MR) is 99.2 cm³/mol. The van der Waals surface area contributed by atoms with Gasteiger partial charge in [-0.3, -0.25) is 0 Å². The fourth-order valence-electron chi connectivity index (χ4n) is 2.73. The van der Waals surface area contributed by atoms with Gasteiger partial charge in [-0.15, -0.1) is 0 Å². The lowest BCUT2D eigenvalue weighted by Gasteiger charge is -2.35. The minimum absolute atomic E-state index is 0.128. The molecule has 25 heavy (non-hydrogen) atoms. The molecule has 0 bridgehead atoms. The van der Waals surface area contributed by atoms with E-state index in [0.717, 1.165) is 24.3 Å². The molecule has 2 aromatic carbocycles. The average molecular weight is 360 g/mol. The number of benzene rings is 2.